The van der Waals surface area contributed by atoms with Crippen LogP contribution in [0.4, 0.5) is 5.13 Å². The number of nitrogens with one attached hydrogen (secondary N) is 2. The van der Waals surface area contributed by atoms with E-state index in [1.807, 2.05) is 37.4 Å². The van der Waals surface area contributed by atoms with Gasteiger partial charge in [-0.15, -0.1) is 11.3 Å². The Kier molecular flexibility index (Phi) is 6.62. The number of aryl methyl sites for hydroxylation is 2. The zero-order valence-corrected chi connectivity index (χ0v) is 19.4. The summed E-state index contributed by atoms with van der Waals surface area (Å²) in [4.78, 5) is 17.2. The molecule has 9 heteroatoms. The second kappa shape index (κ2) is 8.85. The molecule has 1 aromatic heterocycles. The van der Waals surface area contributed by atoms with Crippen molar-refractivity contribution >= 4 is 44.0 Å². The Morgan fingerprint density at radius 1 is 1.10 bits per heavy atom. The number of aromatic nitrogens is 1. The van der Waals surface area contributed by atoms with Crippen LogP contribution in [0.1, 0.15) is 35.3 Å². The van der Waals surface area contributed by atoms with Gasteiger partial charge in [-0.05, 0) is 63.1 Å². The van der Waals surface area contributed by atoms with E-state index in [1.54, 1.807) is 13.8 Å². The van der Waals surface area contributed by atoms with Gasteiger partial charge in [-0.3, -0.25) is 10.1 Å². The smallest absolute Gasteiger partial charge is 0.259 e. The van der Waals surface area contributed by atoms with Crippen molar-refractivity contribution in [2.45, 2.75) is 38.6 Å². The summed E-state index contributed by atoms with van der Waals surface area (Å²) in [5.41, 5.74) is 4.12. The summed E-state index contributed by atoms with van der Waals surface area (Å²) in [6.45, 7) is 7.51. The molecule has 30 heavy (non-hydrogen) atoms. The summed E-state index contributed by atoms with van der Waals surface area (Å²) in [6, 6.07) is 9.80. The number of anilines is 1. The van der Waals surface area contributed by atoms with Crippen molar-refractivity contribution in [3.8, 4) is 11.3 Å². The van der Waals surface area contributed by atoms with Gasteiger partial charge >= 0.3 is 0 Å². The van der Waals surface area contributed by atoms with Crippen molar-refractivity contribution in [1.82, 2.24) is 9.71 Å². The van der Waals surface area contributed by atoms with Crippen molar-refractivity contribution in [1.29, 1.82) is 0 Å². The van der Waals surface area contributed by atoms with Crippen LogP contribution in [0.5, 0.6) is 0 Å². The van der Waals surface area contributed by atoms with E-state index in [9.17, 15) is 13.2 Å². The van der Waals surface area contributed by atoms with Gasteiger partial charge in [-0.25, -0.2) is 18.1 Å². The number of sulfonamides is 1. The Morgan fingerprint density at radius 2 is 1.83 bits per heavy atom. The van der Waals surface area contributed by atoms with Crippen LogP contribution in [0, 0.1) is 13.8 Å². The minimum atomic E-state index is -3.75. The number of rotatable bonds is 6. The normalized spacial score (nSPS) is 11.7. The number of nitrogens with zero attached hydrogens (tertiary/aromatic N) is 1. The van der Waals surface area contributed by atoms with Gasteiger partial charge < -0.3 is 0 Å². The SMILES string of the molecule is Cc1ccc(-c2csc(NC(=O)c3cc(S(=O)(=O)NC(C)C)ccc3Cl)n2)cc1C. The van der Waals surface area contributed by atoms with Crippen LogP contribution in [0.2, 0.25) is 5.02 Å². The first-order valence-electron chi connectivity index (χ1n) is 9.23. The van der Waals surface area contributed by atoms with E-state index in [0.29, 0.717) is 5.13 Å². The molecule has 2 aromatic carbocycles. The summed E-state index contributed by atoms with van der Waals surface area (Å²) < 4.78 is 27.3. The van der Waals surface area contributed by atoms with Gasteiger partial charge in [0.2, 0.25) is 10.0 Å². The summed E-state index contributed by atoms with van der Waals surface area (Å²) in [7, 11) is -3.75. The molecule has 6 nitrogen and oxygen atoms in total. The van der Waals surface area contributed by atoms with Gasteiger partial charge in [-0.1, -0.05) is 23.7 Å². The molecule has 0 aliphatic rings. The highest BCUT2D eigenvalue weighted by molar-refractivity contribution is 7.89. The molecule has 0 unspecified atom stereocenters. The fourth-order valence-corrected chi connectivity index (χ4v) is 4.95. The number of carbonyl (C=O) groups is 1. The van der Waals surface area contributed by atoms with E-state index in [2.05, 4.69) is 15.0 Å². The topological polar surface area (TPSA) is 88.2 Å². The van der Waals surface area contributed by atoms with Gasteiger partial charge in [0, 0.05) is 17.0 Å². The minimum Gasteiger partial charge on any atom is -0.298 e. The zero-order chi connectivity index (χ0) is 22.1. The number of halogens is 1. The quantitative estimate of drug-likeness (QED) is 0.537. The van der Waals surface area contributed by atoms with Gasteiger partial charge in [0.25, 0.3) is 5.91 Å². The maximum Gasteiger partial charge on any atom is 0.259 e. The van der Waals surface area contributed by atoms with Crippen LogP contribution in [0.25, 0.3) is 11.3 Å². The van der Waals surface area contributed by atoms with Crippen molar-refractivity contribution in [2.75, 3.05) is 5.32 Å². The van der Waals surface area contributed by atoms with Crippen molar-refractivity contribution in [2.24, 2.45) is 0 Å². The standard InChI is InChI=1S/C21H22ClN3O3S2/c1-12(2)25-30(27,28)16-7-8-18(22)17(10-16)20(26)24-21-23-19(11-29-21)15-6-5-13(3)14(4)9-15/h5-12,25H,1-4H3,(H,23,24,26). The lowest BCUT2D eigenvalue weighted by Crippen LogP contribution is -2.30. The van der Waals surface area contributed by atoms with Crippen LogP contribution in [0.3, 0.4) is 0 Å². The average Bonchev–Trinajstić information content (AvgIpc) is 3.11. The van der Waals surface area contributed by atoms with Crippen LogP contribution in [-0.2, 0) is 10.0 Å². The Bertz CT molecular complexity index is 1200. The lowest BCUT2D eigenvalue weighted by atomic mass is 10.1. The molecule has 0 aliphatic heterocycles. The third-order valence-electron chi connectivity index (χ3n) is 4.41. The van der Waals surface area contributed by atoms with E-state index < -0.39 is 15.9 Å². The first-order chi connectivity index (χ1) is 14.1. The minimum absolute atomic E-state index is 0.0271. The van der Waals surface area contributed by atoms with Crippen molar-refractivity contribution in [3.63, 3.8) is 0 Å². The number of hydrogen-bond donors (Lipinski definition) is 2. The maximum absolute atomic E-state index is 12.7. The number of amides is 1. The summed E-state index contributed by atoms with van der Waals surface area (Å²) in [5.74, 6) is -0.525. The monoisotopic (exact) mass is 463 g/mol. The molecule has 3 aromatic rings. The average molecular weight is 464 g/mol. The molecule has 1 heterocycles. The molecule has 3 rings (SSSR count). The van der Waals surface area contributed by atoms with Crippen LogP contribution < -0.4 is 10.0 Å². The highest BCUT2D eigenvalue weighted by Crippen LogP contribution is 2.28. The molecule has 0 saturated carbocycles. The summed E-state index contributed by atoms with van der Waals surface area (Å²) >= 11 is 7.44. The molecule has 0 bridgehead atoms. The molecule has 2 N–H and O–H groups in total. The van der Waals surface area contributed by atoms with Gasteiger partial charge in [0.05, 0.1) is 21.2 Å². The molecular weight excluding hydrogens is 442 g/mol. The first kappa shape index (κ1) is 22.4. The third-order valence-corrected chi connectivity index (χ3v) is 7.15. The maximum atomic E-state index is 12.7. The fourth-order valence-electron chi connectivity index (χ4n) is 2.75. The van der Waals surface area contributed by atoms with Crippen molar-refractivity contribution < 1.29 is 13.2 Å². The predicted octanol–water partition coefficient (Wildman–Crippen LogP) is 5.02. The largest absolute Gasteiger partial charge is 0.298 e. The van der Waals surface area contributed by atoms with E-state index in [4.69, 9.17) is 11.6 Å². The molecule has 0 spiro atoms. The molecule has 1 amide bonds. The number of benzene rings is 2. The van der Waals surface area contributed by atoms with Gasteiger partial charge in [0.1, 0.15) is 0 Å². The first-order valence-corrected chi connectivity index (χ1v) is 12.0. The second-order valence-electron chi connectivity index (χ2n) is 7.21. The predicted molar refractivity (Wildman–Crippen MR) is 122 cm³/mol. The molecular formula is C21H22ClN3O3S2. The third kappa shape index (κ3) is 5.07. The van der Waals surface area contributed by atoms with E-state index in [1.165, 1.54) is 35.1 Å². The van der Waals surface area contributed by atoms with Gasteiger partial charge in [-0.2, -0.15) is 0 Å². The summed E-state index contributed by atoms with van der Waals surface area (Å²) in [5, 5.41) is 5.11. The summed E-state index contributed by atoms with van der Waals surface area (Å²) in [6.07, 6.45) is 0. The molecule has 0 saturated heterocycles. The van der Waals surface area contributed by atoms with Gasteiger partial charge in [0.15, 0.2) is 5.13 Å². The number of thiazole rings is 1. The fraction of sp³-hybridized carbons (Fsp3) is 0.238. The zero-order valence-electron chi connectivity index (χ0n) is 17.0. The number of carbonyl (C=O) groups excluding carboxylic acids is 1. The lowest BCUT2D eigenvalue weighted by Gasteiger charge is -2.11. The molecule has 0 aliphatic carbocycles. The van der Waals surface area contributed by atoms with Crippen molar-refractivity contribution in [3.05, 3.63) is 63.5 Å². The Morgan fingerprint density at radius 3 is 2.50 bits per heavy atom. The Balaban J connectivity index is 1.84. The molecule has 0 atom stereocenters. The van der Waals surface area contributed by atoms with Crippen LogP contribution in [0.15, 0.2) is 46.7 Å². The Labute approximate surface area is 185 Å². The second-order valence-corrected chi connectivity index (χ2v) is 10.2. The molecule has 158 valence electrons. The van der Waals surface area contributed by atoms with E-state index in [0.717, 1.165) is 16.8 Å². The lowest BCUT2D eigenvalue weighted by molar-refractivity contribution is 0.102. The molecule has 0 radical (unpaired) electrons. The van der Waals surface area contributed by atoms with E-state index in [-0.39, 0.29) is 21.5 Å². The highest BCUT2D eigenvalue weighted by Gasteiger charge is 2.20. The van der Waals surface area contributed by atoms with Crippen LogP contribution in [-0.4, -0.2) is 25.4 Å². The number of hydrogen-bond acceptors (Lipinski definition) is 5. The Hall–Kier alpha value is -2.26. The van der Waals surface area contributed by atoms with E-state index >= 15 is 0 Å². The van der Waals surface area contributed by atoms with Crippen LogP contribution >= 0.6 is 22.9 Å². The molecule has 0 fully saturated rings. The highest BCUT2D eigenvalue weighted by atomic mass is 35.5.